The predicted molar refractivity (Wildman–Crippen MR) is 127 cm³/mol. The number of carbonyl (C=O) groups is 1. The number of nitrogens with zero attached hydrogens (tertiary/aromatic N) is 3. The third kappa shape index (κ3) is 3.88. The third-order valence-corrected chi connectivity index (χ3v) is 7.49. The van der Waals surface area contributed by atoms with E-state index in [2.05, 4.69) is 43.7 Å². The molecule has 2 bridgehead atoms. The van der Waals surface area contributed by atoms with Gasteiger partial charge >= 0.3 is 0 Å². The van der Waals surface area contributed by atoms with E-state index in [0.717, 1.165) is 48.9 Å². The normalized spacial score (nSPS) is 24.3. The Bertz CT molecular complexity index is 1220. The van der Waals surface area contributed by atoms with Crippen LogP contribution in [0.1, 0.15) is 20.9 Å². The predicted octanol–water partition coefficient (Wildman–Crippen LogP) is 1.49. The number of aryl methyl sites for hydroxylation is 1. The summed E-state index contributed by atoms with van der Waals surface area (Å²) in [6.07, 6.45) is 2.82. The van der Waals surface area contributed by atoms with E-state index in [1.165, 1.54) is 11.3 Å². The molecule has 3 aromatic rings. The molecule has 6 rings (SSSR count). The first-order valence-electron chi connectivity index (χ1n) is 11.2. The van der Waals surface area contributed by atoms with Gasteiger partial charge in [0.15, 0.2) is 0 Å². The Morgan fingerprint density at radius 1 is 1.30 bits per heavy atom. The summed E-state index contributed by atoms with van der Waals surface area (Å²) in [4.78, 5) is 25.2. The Balaban J connectivity index is 1.15. The summed E-state index contributed by atoms with van der Waals surface area (Å²) in [5.74, 6) is 0.676. The summed E-state index contributed by atoms with van der Waals surface area (Å²) in [7, 11) is 0. The number of hydrogen-bond acceptors (Lipinski definition) is 9. The van der Waals surface area contributed by atoms with E-state index >= 15 is 0 Å². The van der Waals surface area contributed by atoms with Gasteiger partial charge in [0, 0.05) is 44.1 Å². The minimum Gasteiger partial charge on any atom is -0.491 e. The molecule has 2 fully saturated rings. The van der Waals surface area contributed by atoms with Crippen LogP contribution >= 0.6 is 11.3 Å². The summed E-state index contributed by atoms with van der Waals surface area (Å²) in [6.45, 7) is 5.83. The Kier molecular flexibility index (Phi) is 5.08. The third-order valence-electron chi connectivity index (χ3n) is 6.40. The summed E-state index contributed by atoms with van der Waals surface area (Å²) in [5, 5.41) is 6.50. The van der Waals surface area contributed by atoms with Gasteiger partial charge in [-0.05, 0) is 25.0 Å². The lowest BCUT2D eigenvalue weighted by Crippen LogP contribution is -2.58. The molecule has 2 aromatic heterocycles. The second kappa shape index (κ2) is 8.12. The van der Waals surface area contributed by atoms with Gasteiger partial charge in [-0.25, -0.2) is 9.97 Å². The van der Waals surface area contributed by atoms with Crippen LogP contribution in [0.15, 0.2) is 24.4 Å². The lowest BCUT2D eigenvalue weighted by Gasteiger charge is -2.43. The Hall–Kier alpha value is -2.95. The van der Waals surface area contributed by atoms with Crippen LogP contribution in [-0.4, -0.2) is 66.9 Å². The highest BCUT2D eigenvalue weighted by Crippen LogP contribution is 2.33. The molecule has 2 unspecified atom stereocenters. The molecule has 0 radical (unpaired) electrons. The first-order chi connectivity index (χ1) is 16.0. The van der Waals surface area contributed by atoms with Crippen LogP contribution in [0.4, 0.5) is 11.4 Å². The summed E-state index contributed by atoms with van der Waals surface area (Å²) in [5.41, 5.74) is 10.2. The molecule has 9 nitrogen and oxygen atoms in total. The number of aromatic nitrogens is 2. The van der Waals surface area contributed by atoms with Crippen LogP contribution in [0.25, 0.3) is 10.3 Å². The smallest absolute Gasteiger partial charge is 0.263 e. The zero-order valence-electron chi connectivity index (χ0n) is 18.3. The summed E-state index contributed by atoms with van der Waals surface area (Å²) < 4.78 is 12.1. The number of anilines is 2. The molecule has 10 heteroatoms. The van der Waals surface area contributed by atoms with Crippen molar-refractivity contribution in [1.29, 1.82) is 0 Å². The zero-order chi connectivity index (χ0) is 22.5. The highest BCUT2D eigenvalue weighted by Gasteiger charge is 2.32. The fourth-order valence-corrected chi connectivity index (χ4v) is 5.81. The number of amides is 1. The van der Waals surface area contributed by atoms with Gasteiger partial charge in [0.25, 0.3) is 5.91 Å². The van der Waals surface area contributed by atoms with Crippen molar-refractivity contribution >= 4 is 39.0 Å². The number of benzene rings is 1. The molecule has 0 aliphatic carbocycles. The van der Waals surface area contributed by atoms with Crippen LogP contribution in [0.2, 0.25) is 0 Å². The largest absolute Gasteiger partial charge is 0.491 e. The average Bonchev–Trinajstić information content (AvgIpc) is 3.14. The van der Waals surface area contributed by atoms with E-state index < -0.39 is 0 Å². The van der Waals surface area contributed by atoms with Crippen molar-refractivity contribution in [3.05, 3.63) is 40.5 Å². The van der Waals surface area contributed by atoms with Crippen molar-refractivity contribution in [2.24, 2.45) is 0 Å². The minimum atomic E-state index is -0.211. The molecule has 0 spiro atoms. The lowest BCUT2D eigenvalue weighted by molar-refractivity contribution is -0.0484. The molecule has 172 valence electrons. The van der Waals surface area contributed by atoms with Crippen LogP contribution in [-0.2, 0) is 11.2 Å². The summed E-state index contributed by atoms with van der Waals surface area (Å²) >= 11 is 1.27. The highest BCUT2D eigenvalue weighted by molar-refractivity contribution is 7.21. The van der Waals surface area contributed by atoms with E-state index in [0.29, 0.717) is 33.9 Å². The quantitative estimate of drug-likeness (QED) is 0.532. The van der Waals surface area contributed by atoms with Gasteiger partial charge in [-0.2, -0.15) is 0 Å². The minimum absolute atomic E-state index is 0.128. The van der Waals surface area contributed by atoms with E-state index in [1.807, 2.05) is 6.92 Å². The van der Waals surface area contributed by atoms with E-state index in [4.69, 9.17) is 15.2 Å². The number of fused-ring (bicyclic) bond motifs is 4. The summed E-state index contributed by atoms with van der Waals surface area (Å²) in [6, 6.07) is 6.24. The van der Waals surface area contributed by atoms with Gasteiger partial charge in [0.05, 0.1) is 29.6 Å². The van der Waals surface area contributed by atoms with E-state index in [1.54, 1.807) is 6.20 Å². The average molecular weight is 467 g/mol. The lowest BCUT2D eigenvalue weighted by atomic mass is 10.0. The molecular formula is C23H26N6O3S. The second-order valence-corrected chi connectivity index (χ2v) is 9.93. The fourth-order valence-electron chi connectivity index (χ4n) is 4.81. The van der Waals surface area contributed by atoms with Gasteiger partial charge in [0.2, 0.25) is 0 Å². The first-order valence-corrected chi connectivity index (χ1v) is 12.0. The maximum absolute atomic E-state index is 12.9. The number of nitrogen functional groups attached to an aromatic ring is 1. The Labute approximate surface area is 195 Å². The highest BCUT2D eigenvalue weighted by atomic mass is 32.1. The van der Waals surface area contributed by atoms with Crippen LogP contribution in [0.5, 0.6) is 5.75 Å². The number of hydrogen-bond donors (Lipinski definition) is 3. The molecule has 5 heterocycles. The first kappa shape index (κ1) is 20.6. The maximum Gasteiger partial charge on any atom is 0.263 e. The topological polar surface area (TPSA) is 115 Å². The van der Waals surface area contributed by atoms with E-state index in [9.17, 15) is 4.79 Å². The maximum atomic E-state index is 12.9. The van der Waals surface area contributed by atoms with Crippen LogP contribution in [0, 0.1) is 6.92 Å². The van der Waals surface area contributed by atoms with Gasteiger partial charge < -0.3 is 30.7 Å². The van der Waals surface area contributed by atoms with Gasteiger partial charge in [0.1, 0.15) is 27.6 Å². The standard InChI is InChI=1S/C23H26N6O3S/c1-12-6-26-20-19(24)21(33-23(20)27-12)22(30)28-14-4-13-2-3-15(5-18(13)31-11-14)29-9-16-7-25-8-17(10-29)32-16/h2-3,5-6,14,16-17,25H,4,7-11,24H2,1H3,(H,28,30)/t14-,16?,17?/m1/s1. The van der Waals surface area contributed by atoms with Crippen molar-refractivity contribution in [1.82, 2.24) is 20.6 Å². The number of nitrogens with one attached hydrogen (secondary N) is 2. The second-order valence-electron chi connectivity index (χ2n) is 8.93. The van der Waals surface area contributed by atoms with Crippen molar-refractivity contribution in [3.8, 4) is 5.75 Å². The van der Waals surface area contributed by atoms with Gasteiger partial charge in [-0.1, -0.05) is 6.07 Å². The Morgan fingerprint density at radius 3 is 2.94 bits per heavy atom. The van der Waals surface area contributed by atoms with Crippen LogP contribution in [0.3, 0.4) is 0 Å². The van der Waals surface area contributed by atoms with Crippen molar-refractivity contribution in [3.63, 3.8) is 0 Å². The molecule has 3 aliphatic rings. The zero-order valence-corrected chi connectivity index (χ0v) is 19.2. The molecule has 0 saturated carbocycles. The van der Waals surface area contributed by atoms with Gasteiger partial charge in [-0.15, -0.1) is 11.3 Å². The van der Waals surface area contributed by atoms with Crippen LogP contribution < -0.4 is 26.0 Å². The molecule has 4 N–H and O–H groups in total. The fraction of sp³-hybridized carbons (Fsp3) is 0.435. The van der Waals surface area contributed by atoms with Crippen molar-refractivity contribution in [2.45, 2.75) is 31.6 Å². The monoisotopic (exact) mass is 466 g/mol. The van der Waals surface area contributed by atoms with Crippen molar-refractivity contribution in [2.75, 3.05) is 43.4 Å². The number of morpholine rings is 2. The SMILES string of the molecule is Cc1cnc2c(N)c(C(=O)N[C@H]3COc4cc(N5CC6CNCC(C5)O6)ccc4C3)sc2n1. The number of rotatable bonds is 3. The molecule has 33 heavy (non-hydrogen) atoms. The molecule has 1 amide bonds. The molecule has 2 saturated heterocycles. The molecule has 1 aromatic carbocycles. The Morgan fingerprint density at radius 2 is 2.12 bits per heavy atom. The number of ether oxygens (including phenoxy) is 2. The van der Waals surface area contributed by atoms with Gasteiger partial charge in [-0.3, -0.25) is 4.79 Å². The van der Waals surface area contributed by atoms with Crippen molar-refractivity contribution < 1.29 is 14.3 Å². The number of thiophene rings is 1. The molecule has 3 aliphatic heterocycles. The molecule has 3 atom stereocenters. The molecular weight excluding hydrogens is 440 g/mol. The number of carbonyl (C=O) groups excluding carboxylic acids is 1. The number of nitrogens with two attached hydrogens (primary N) is 1. The van der Waals surface area contributed by atoms with E-state index in [-0.39, 0.29) is 24.2 Å².